The number of anilines is 2. The smallest absolute Gasteiger partial charge is 0.660 e. The van der Waals surface area contributed by atoms with Crippen LogP contribution in [0.25, 0.3) is 16.4 Å². The van der Waals surface area contributed by atoms with Crippen molar-refractivity contribution in [3.63, 3.8) is 0 Å². The number of aromatic amines is 1. The van der Waals surface area contributed by atoms with Gasteiger partial charge in [0, 0.05) is 32.7 Å². The Morgan fingerprint density at radius 2 is 2.26 bits per heavy atom. The molecule has 2 atom stereocenters. The SMILES string of the molecule is COC1C[N-]CC1COc1nc(Nc2cnn(C)c2)nc2[nH]cc(Cl)c12.[K+]. The van der Waals surface area contributed by atoms with Gasteiger partial charge in [-0.3, -0.25) is 4.68 Å². The number of fused-ring (bicyclic) bond motifs is 1. The second-order valence-electron chi connectivity index (χ2n) is 6.17. The Bertz CT molecular complexity index is 915. The molecule has 4 heterocycles. The molecule has 1 fully saturated rings. The first-order valence-corrected chi connectivity index (χ1v) is 8.61. The van der Waals surface area contributed by atoms with E-state index in [9.17, 15) is 0 Å². The van der Waals surface area contributed by atoms with Gasteiger partial charge in [-0.25, -0.2) is 0 Å². The molecule has 27 heavy (non-hydrogen) atoms. The van der Waals surface area contributed by atoms with Gasteiger partial charge in [-0.15, -0.1) is 13.1 Å². The molecule has 3 aromatic rings. The predicted octanol–water partition coefficient (Wildman–Crippen LogP) is -0.510. The zero-order valence-electron chi connectivity index (χ0n) is 15.4. The largest absolute Gasteiger partial charge is 1.00 e. The zero-order valence-corrected chi connectivity index (χ0v) is 19.3. The average molecular weight is 416 g/mol. The van der Waals surface area contributed by atoms with Crippen LogP contribution < -0.4 is 61.4 Å². The van der Waals surface area contributed by atoms with E-state index >= 15 is 0 Å². The Morgan fingerprint density at radius 1 is 1.41 bits per heavy atom. The summed E-state index contributed by atoms with van der Waals surface area (Å²) in [5.41, 5.74) is 1.38. The quantitative estimate of drug-likeness (QED) is 0.525. The molecule has 2 unspecified atom stereocenters. The molecule has 1 aliphatic heterocycles. The van der Waals surface area contributed by atoms with E-state index in [0.29, 0.717) is 47.6 Å². The molecule has 4 rings (SSSR count). The van der Waals surface area contributed by atoms with Crippen LogP contribution in [0.15, 0.2) is 18.6 Å². The average Bonchev–Trinajstić information content (AvgIpc) is 3.34. The zero-order chi connectivity index (χ0) is 18.1. The molecule has 0 radical (unpaired) electrons. The minimum absolute atomic E-state index is 0. The van der Waals surface area contributed by atoms with E-state index in [4.69, 9.17) is 21.1 Å². The number of hydrogen-bond acceptors (Lipinski definition) is 6. The molecule has 0 amide bonds. The molecule has 3 aromatic heterocycles. The maximum atomic E-state index is 6.28. The van der Waals surface area contributed by atoms with Crippen molar-refractivity contribution in [2.75, 3.05) is 32.1 Å². The van der Waals surface area contributed by atoms with Crippen LogP contribution in [0, 0.1) is 5.92 Å². The van der Waals surface area contributed by atoms with Crippen LogP contribution in [0.3, 0.4) is 0 Å². The maximum Gasteiger partial charge on any atom is 1.00 e. The van der Waals surface area contributed by atoms with Crippen molar-refractivity contribution < 1.29 is 60.9 Å². The van der Waals surface area contributed by atoms with Gasteiger partial charge in [0.25, 0.3) is 0 Å². The summed E-state index contributed by atoms with van der Waals surface area (Å²) < 4.78 is 13.1. The van der Waals surface area contributed by atoms with E-state index in [1.54, 1.807) is 24.2 Å². The summed E-state index contributed by atoms with van der Waals surface area (Å²) >= 11 is 6.28. The van der Waals surface area contributed by atoms with Crippen molar-refractivity contribution >= 4 is 34.3 Å². The van der Waals surface area contributed by atoms with Gasteiger partial charge < -0.3 is 25.1 Å². The number of nitrogens with zero attached hydrogens (tertiary/aromatic N) is 5. The summed E-state index contributed by atoms with van der Waals surface area (Å²) in [7, 11) is 3.54. The van der Waals surface area contributed by atoms with Crippen LogP contribution in [0.5, 0.6) is 5.88 Å². The summed E-state index contributed by atoms with van der Waals surface area (Å²) in [5.74, 6) is 1.02. The number of H-pyrrole nitrogens is 1. The third-order valence-corrected chi connectivity index (χ3v) is 4.64. The van der Waals surface area contributed by atoms with E-state index in [1.807, 2.05) is 13.2 Å². The normalized spacial score (nSPS) is 19.2. The molecular weight excluding hydrogens is 397 g/mol. The summed E-state index contributed by atoms with van der Waals surface area (Å²) in [6.07, 6.45) is 5.27. The van der Waals surface area contributed by atoms with Gasteiger partial charge in [0.2, 0.25) is 11.8 Å². The van der Waals surface area contributed by atoms with E-state index in [2.05, 4.69) is 30.7 Å². The maximum absolute atomic E-state index is 6.28. The van der Waals surface area contributed by atoms with E-state index in [-0.39, 0.29) is 63.4 Å². The van der Waals surface area contributed by atoms with Crippen LogP contribution in [-0.4, -0.2) is 57.6 Å². The molecule has 2 N–H and O–H groups in total. The standard InChI is InChI=1S/C16H19ClN7O2.K/c1-24-7-10(4-20-24)21-16-22-14-13(11(17)5-19-14)15(23-16)26-8-9-3-18-6-12(9)25-2;/h4-5,7,9,12H,3,6,8H2,1-2H3,(H2,19,21,22,23);/q-1;+1. The molecule has 1 aliphatic rings. The Hall–Kier alpha value is -0.724. The molecule has 11 heteroatoms. The van der Waals surface area contributed by atoms with Crippen molar-refractivity contribution in [2.24, 2.45) is 13.0 Å². The van der Waals surface area contributed by atoms with Crippen molar-refractivity contribution in [3.8, 4) is 5.88 Å². The second kappa shape index (κ2) is 9.18. The number of rotatable bonds is 6. The first-order valence-electron chi connectivity index (χ1n) is 8.23. The fourth-order valence-electron chi connectivity index (χ4n) is 2.99. The van der Waals surface area contributed by atoms with Gasteiger partial charge in [-0.2, -0.15) is 15.1 Å². The molecule has 1 saturated heterocycles. The van der Waals surface area contributed by atoms with Gasteiger partial charge >= 0.3 is 51.4 Å². The molecule has 0 spiro atoms. The Morgan fingerprint density at radius 3 is 3.00 bits per heavy atom. The topological polar surface area (TPSA) is 104 Å². The fraction of sp³-hybridized carbons (Fsp3) is 0.438. The van der Waals surface area contributed by atoms with Crippen molar-refractivity contribution in [1.82, 2.24) is 24.7 Å². The molecule has 0 saturated carbocycles. The number of ether oxygens (including phenoxy) is 2. The number of halogens is 1. The first kappa shape index (κ1) is 21.0. The molecular formula is C16H19ClKN7O2. The number of aromatic nitrogens is 5. The summed E-state index contributed by atoms with van der Waals surface area (Å²) in [5, 5.41) is 12.8. The van der Waals surface area contributed by atoms with Crippen molar-refractivity contribution in [1.29, 1.82) is 0 Å². The third-order valence-electron chi connectivity index (χ3n) is 4.35. The third kappa shape index (κ3) is 4.65. The van der Waals surface area contributed by atoms with Crippen LogP contribution in [0.4, 0.5) is 11.6 Å². The van der Waals surface area contributed by atoms with Crippen LogP contribution >= 0.6 is 11.6 Å². The Balaban J connectivity index is 0.00000210. The van der Waals surface area contributed by atoms with Gasteiger partial charge in [-0.05, 0) is 5.92 Å². The minimum atomic E-state index is 0. The molecule has 0 aliphatic carbocycles. The van der Waals surface area contributed by atoms with Crippen LogP contribution in [0.2, 0.25) is 5.02 Å². The Labute approximate surface area is 204 Å². The van der Waals surface area contributed by atoms with Crippen LogP contribution in [0.1, 0.15) is 0 Å². The summed E-state index contributed by atoms with van der Waals surface area (Å²) in [4.78, 5) is 12.0. The first-order chi connectivity index (χ1) is 12.6. The monoisotopic (exact) mass is 415 g/mol. The number of aryl methyl sites for hydroxylation is 1. The van der Waals surface area contributed by atoms with Gasteiger partial charge in [0.05, 0.1) is 28.9 Å². The molecule has 0 aromatic carbocycles. The van der Waals surface area contributed by atoms with Crippen molar-refractivity contribution in [3.05, 3.63) is 28.9 Å². The number of hydrogen-bond donors (Lipinski definition) is 2. The summed E-state index contributed by atoms with van der Waals surface area (Å²) in [6.45, 7) is 1.86. The molecule has 9 nitrogen and oxygen atoms in total. The van der Waals surface area contributed by atoms with Gasteiger partial charge in [0.1, 0.15) is 5.65 Å². The van der Waals surface area contributed by atoms with E-state index in [0.717, 1.165) is 5.69 Å². The second-order valence-corrected chi connectivity index (χ2v) is 6.58. The minimum Gasteiger partial charge on any atom is -0.660 e. The molecule has 0 bridgehead atoms. The van der Waals surface area contributed by atoms with Gasteiger partial charge in [0.15, 0.2) is 0 Å². The fourth-order valence-corrected chi connectivity index (χ4v) is 3.21. The molecule has 138 valence electrons. The van der Waals surface area contributed by atoms with E-state index in [1.165, 1.54) is 0 Å². The van der Waals surface area contributed by atoms with Crippen molar-refractivity contribution in [2.45, 2.75) is 6.10 Å². The summed E-state index contributed by atoms with van der Waals surface area (Å²) in [6, 6.07) is 0. The number of methoxy groups -OCH3 is 1. The Kier molecular flexibility index (Phi) is 7.14. The van der Waals surface area contributed by atoms with Gasteiger partial charge in [-0.1, -0.05) is 11.6 Å². The predicted molar refractivity (Wildman–Crippen MR) is 98.3 cm³/mol. The number of nitrogens with one attached hydrogen (secondary N) is 2. The van der Waals surface area contributed by atoms with E-state index < -0.39 is 0 Å². The van der Waals surface area contributed by atoms with Crippen LogP contribution in [-0.2, 0) is 11.8 Å².